The number of phenolic OH excluding ortho intramolecular Hbond substituents is 1. The number of aromatic hydroxyl groups is 1. The molecule has 1 aliphatic rings. The lowest BCUT2D eigenvalue weighted by Gasteiger charge is -2.29. The molecule has 25 heavy (non-hydrogen) atoms. The highest BCUT2D eigenvalue weighted by molar-refractivity contribution is 6.12. The number of hydrogen-bond acceptors (Lipinski definition) is 4. The Hall–Kier alpha value is -2.75. The van der Waals surface area contributed by atoms with E-state index in [9.17, 15) is 9.90 Å². The van der Waals surface area contributed by atoms with Gasteiger partial charge in [-0.15, -0.1) is 0 Å². The van der Waals surface area contributed by atoms with E-state index < -0.39 is 6.10 Å². The van der Waals surface area contributed by atoms with Gasteiger partial charge in [-0.25, -0.2) is 0 Å². The molecule has 1 heterocycles. The highest BCUT2D eigenvalue weighted by Crippen LogP contribution is 2.39. The average Bonchev–Trinajstić information content (AvgIpc) is 2.54. The lowest BCUT2D eigenvalue weighted by Crippen LogP contribution is -2.34. The third-order valence-corrected chi connectivity index (χ3v) is 4.03. The maximum absolute atomic E-state index is 13.1. The Kier molecular flexibility index (Phi) is 4.29. The highest BCUT2D eigenvalue weighted by Gasteiger charge is 2.33. The average molecular weight is 337 g/mol. The maximum atomic E-state index is 13.1. The lowest BCUT2D eigenvalue weighted by atomic mass is 9.90. The number of ketones is 1. The molecule has 1 unspecified atom stereocenters. The molecule has 3 rings (SSSR count). The van der Waals surface area contributed by atoms with Crippen LogP contribution in [0.2, 0.25) is 0 Å². The SMILES string of the molecule is Cc1ccc2c(c1)C(=O)/C(=C\NC(C)(C)C)C(c1ccc(O)cc1)O2. The molecule has 4 heteroatoms. The molecule has 1 aliphatic heterocycles. The number of benzene rings is 2. The van der Waals surface area contributed by atoms with E-state index in [0.717, 1.165) is 11.1 Å². The summed E-state index contributed by atoms with van der Waals surface area (Å²) in [6.07, 6.45) is 1.24. The molecule has 4 nitrogen and oxygen atoms in total. The van der Waals surface area contributed by atoms with E-state index in [0.29, 0.717) is 16.9 Å². The first-order chi connectivity index (χ1) is 11.7. The number of phenols is 1. The van der Waals surface area contributed by atoms with Gasteiger partial charge in [0, 0.05) is 11.7 Å². The van der Waals surface area contributed by atoms with Gasteiger partial charge < -0.3 is 15.2 Å². The Bertz CT molecular complexity index is 829. The van der Waals surface area contributed by atoms with Crippen molar-refractivity contribution in [3.05, 3.63) is 70.9 Å². The molecule has 0 bridgehead atoms. The number of ether oxygens (including phenoxy) is 1. The summed E-state index contributed by atoms with van der Waals surface area (Å²) in [6, 6.07) is 12.4. The molecule has 130 valence electrons. The Labute approximate surface area is 148 Å². The molecule has 0 saturated heterocycles. The standard InChI is InChI=1S/C21H23NO3/c1-13-5-10-18-16(11-13)19(24)17(12-22-21(2,3)4)20(25-18)14-6-8-15(23)9-7-14/h5-12,20,22-23H,1-4H3/b17-12+. The van der Waals surface area contributed by atoms with E-state index in [-0.39, 0.29) is 17.1 Å². The van der Waals surface area contributed by atoms with Gasteiger partial charge in [-0.2, -0.15) is 0 Å². The van der Waals surface area contributed by atoms with E-state index in [1.54, 1.807) is 30.5 Å². The van der Waals surface area contributed by atoms with Crippen LogP contribution in [-0.4, -0.2) is 16.4 Å². The summed E-state index contributed by atoms with van der Waals surface area (Å²) >= 11 is 0. The monoisotopic (exact) mass is 337 g/mol. The third kappa shape index (κ3) is 3.68. The van der Waals surface area contributed by atoms with Gasteiger partial charge >= 0.3 is 0 Å². The largest absolute Gasteiger partial charge is 0.508 e. The van der Waals surface area contributed by atoms with Gasteiger partial charge in [0.2, 0.25) is 0 Å². The predicted octanol–water partition coefficient (Wildman–Crippen LogP) is 4.29. The Morgan fingerprint density at radius 2 is 1.80 bits per heavy atom. The van der Waals surface area contributed by atoms with Gasteiger partial charge in [-0.05, 0) is 57.5 Å². The fraction of sp³-hybridized carbons (Fsp3) is 0.286. The minimum absolute atomic E-state index is 0.0419. The Balaban J connectivity index is 2.08. The summed E-state index contributed by atoms with van der Waals surface area (Å²) in [5.41, 5.74) is 2.80. The molecule has 2 aromatic carbocycles. The molecule has 0 aliphatic carbocycles. The third-order valence-electron chi connectivity index (χ3n) is 4.03. The number of carbonyl (C=O) groups excluding carboxylic acids is 1. The number of carbonyl (C=O) groups is 1. The van der Waals surface area contributed by atoms with Crippen LogP contribution in [0.1, 0.15) is 48.4 Å². The van der Waals surface area contributed by atoms with Crippen molar-refractivity contribution in [1.82, 2.24) is 5.32 Å². The van der Waals surface area contributed by atoms with Gasteiger partial charge in [0.15, 0.2) is 11.9 Å². The fourth-order valence-corrected chi connectivity index (χ4v) is 2.72. The first-order valence-electron chi connectivity index (χ1n) is 8.33. The van der Waals surface area contributed by atoms with Crippen molar-refractivity contribution in [3.63, 3.8) is 0 Å². The van der Waals surface area contributed by atoms with Crippen molar-refractivity contribution in [2.75, 3.05) is 0 Å². The second kappa shape index (κ2) is 6.28. The lowest BCUT2D eigenvalue weighted by molar-refractivity contribution is 0.0959. The van der Waals surface area contributed by atoms with Gasteiger partial charge in [0.25, 0.3) is 0 Å². The Morgan fingerprint density at radius 1 is 1.12 bits per heavy atom. The number of nitrogens with one attached hydrogen (secondary N) is 1. The molecule has 2 N–H and O–H groups in total. The minimum atomic E-state index is -0.516. The summed E-state index contributed by atoms with van der Waals surface area (Å²) in [4.78, 5) is 13.1. The second-order valence-corrected chi connectivity index (χ2v) is 7.41. The first-order valence-corrected chi connectivity index (χ1v) is 8.33. The summed E-state index contributed by atoms with van der Waals surface area (Å²) in [7, 11) is 0. The van der Waals surface area contributed by atoms with Gasteiger partial charge in [-0.1, -0.05) is 23.8 Å². The zero-order valence-electron chi connectivity index (χ0n) is 15.0. The second-order valence-electron chi connectivity index (χ2n) is 7.41. The molecule has 0 radical (unpaired) electrons. The highest BCUT2D eigenvalue weighted by atomic mass is 16.5. The quantitative estimate of drug-likeness (QED) is 0.803. The molecule has 0 fully saturated rings. The van der Waals surface area contributed by atoms with E-state index in [1.807, 2.05) is 45.9 Å². The minimum Gasteiger partial charge on any atom is -0.508 e. The van der Waals surface area contributed by atoms with E-state index in [1.165, 1.54) is 0 Å². The molecule has 0 amide bonds. The molecule has 0 aromatic heterocycles. The van der Waals surface area contributed by atoms with Crippen LogP contribution in [0.5, 0.6) is 11.5 Å². The molecule has 0 saturated carbocycles. The molecule has 2 aromatic rings. The van der Waals surface area contributed by atoms with E-state index >= 15 is 0 Å². The van der Waals surface area contributed by atoms with Gasteiger partial charge in [0.05, 0.1) is 11.1 Å². The van der Waals surface area contributed by atoms with Gasteiger partial charge in [-0.3, -0.25) is 4.79 Å². The summed E-state index contributed by atoms with van der Waals surface area (Å²) in [5, 5.41) is 12.8. The van der Waals surface area contributed by atoms with Gasteiger partial charge in [0.1, 0.15) is 11.5 Å². The van der Waals surface area contributed by atoms with Crippen molar-refractivity contribution >= 4 is 5.78 Å². The van der Waals surface area contributed by atoms with Crippen LogP contribution in [0, 0.1) is 6.92 Å². The fourth-order valence-electron chi connectivity index (χ4n) is 2.72. The predicted molar refractivity (Wildman–Crippen MR) is 98.0 cm³/mol. The number of Topliss-reactive ketones (excluding diaryl/α,β-unsaturated/α-hetero) is 1. The zero-order valence-corrected chi connectivity index (χ0v) is 15.0. The maximum Gasteiger partial charge on any atom is 0.198 e. The summed E-state index contributed by atoms with van der Waals surface area (Å²) in [6.45, 7) is 8.06. The van der Waals surface area contributed by atoms with Crippen molar-refractivity contribution in [2.24, 2.45) is 0 Å². The van der Waals surface area contributed by atoms with Crippen LogP contribution < -0.4 is 10.1 Å². The van der Waals surface area contributed by atoms with Crippen molar-refractivity contribution < 1.29 is 14.6 Å². The molecule has 1 atom stereocenters. The normalized spacial score (nSPS) is 18.6. The number of hydrogen-bond donors (Lipinski definition) is 2. The summed E-state index contributed by atoms with van der Waals surface area (Å²) in [5.74, 6) is 0.724. The van der Waals surface area contributed by atoms with E-state index in [2.05, 4.69) is 5.32 Å². The van der Waals surface area contributed by atoms with Crippen LogP contribution in [0.15, 0.2) is 54.2 Å². The summed E-state index contributed by atoms with van der Waals surface area (Å²) < 4.78 is 6.15. The van der Waals surface area contributed by atoms with Crippen LogP contribution in [0.4, 0.5) is 0 Å². The van der Waals surface area contributed by atoms with Crippen LogP contribution in [0.25, 0.3) is 0 Å². The van der Waals surface area contributed by atoms with Crippen LogP contribution in [-0.2, 0) is 0 Å². The number of fused-ring (bicyclic) bond motifs is 1. The van der Waals surface area contributed by atoms with Crippen LogP contribution >= 0.6 is 0 Å². The zero-order chi connectivity index (χ0) is 18.2. The molecule has 0 spiro atoms. The van der Waals surface area contributed by atoms with E-state index in [4.69, 9.17) is 4.74 Å². The number of rotatable bonds is 2. The molecular weight excluding hydrogens is 314 g/mol. The van der Waals surface area contributed by atoms with Crippen molar-refractivity contribution in [1.29, 1.82) is 0 Å². The first kappa shape index (κ1) is 17.1. The van der Waals surface area contributed by atoms with Crippen molar-refractivity contribution in [2.45, 2.75) is 39.3 Å². The van der Waals surface area contributed by atoms with Crippen LogP contribution in [0.3, 0.4) is 0 Å². The number of aryl methyl sites for hydroxylation is 1. The Morgan fingerprint density at radius 3 is 2.44 bits per heavy atom. The topological polar surface area (TPSA) is 58.6 Å². The van der Waals surface area contributed by atoms with Crippen molar-refractivity contribution in [3.8, 4) is 11.5 Å². The molecular formula is C21H23NO3. The smallest absolute Gasteiger partial charge is 0.198 e.